The summed E-state index contributed by atoms with van der Waals surface area (Å²) in [5.74, 6) is -3.66. The van der Waals surface area contributed by atoms with E-state index < -0.39 is 11.7 Å². The summed E-state index contributed by atoms with van der Waals surface area (Å²) in [6, 6.07) is 0. The molecule has 4 heteroatoms. The lowest BCUT2D eigenvalue weighted by molar-refractivity contribution is 0.0247. The zero-order valence-electron chi connectivity index (χ0n) is 4.32. The van der Waals surface area contributed by atoms with E-state index in [1.165, 1.54) is 0 Å². The minimum atomic E-state index is -2.68. The third-order valence-corrected chi connectivity index (χ3v) is 1.27. The Hall–Kier alpha value is -0.115. The first kappa shape index (κ1) is 6.01. The van der Waals surface area contributed by atoms with Crippen LogP contribution in [-0.4, -0.2) is 26.9 Å². The predicted octanol–water partition coefficient (Wildman–Crippen LogP) is 0.182. The average Bonchev–Trinajstić information content (AvgIpc) is 1.86. The molecule has 2 radical (unpaired) electrons. The lowest BCUT2D eigenvalue weighted by atomic mass is 9.84. The van der Waals surface area contributed by atoms with Crippen LogP contribution < -0.4 is 5.32 Å². The van der Waals surface area contributed by atoms with Gasteiger partial charge in [-0.1, -0.05) is 0 Å². The van der Waals surface area contributed by atoms with Crippen LogP contribution in [0.2, 0.25) is 5.82 Å². The van der Waals surface area contributed by atoms with E-state index in [9.17, 15) is 8.78 Å². The molecule has 1 aliphatic heterocycles. The van der Waals surface area contributed by atoms with E-state index in [0.717, 1.165) is 0 Å². The monoisotopic (exact) mass is 117 g/mol. The fraction of sp³-hybridized carbons (Fsp3) is 1.00. The molecular weight excluding hydrogens is 111 g/mol. The van der Waals surface area contributed by atoms with E-state index in [1.807, 2.05) is 0 Å². The van der Waals surface area contributed by atoms with Crippen molar-refractivity contribution in [3.05, 3.63) is 0 Å². The zero-order valence-corrected chi connectivity index (χ0v) is 4.32. The fourth-order valence-corrected chi connectivity index (χ4v) is 0.675. The SMILES string of the molecule is [B]C1CNCC1(F)F. The Morgan fingerprint density at radius 1 is 1.62 bits per heavy atom. The first-order chi connectivity index (χ1) is 3.63. The van der Waals surface area contributed by atoms with Crippen LogP contribution in [0.25, 0.3) is 0 Å². The summed E-state index contributed by atoms with van der Waals surface area (Å²) in [6.45, 7) is -0.0405. The van der Waals surface area contributed by atoms with Crippen molar-refractivity contribution in [3.63, 3.8) is 0 Å². The van der Waals surface area contributed by atoms with Crippen molar-refractivity contribution in [2.24, 2.45) is 0 Å². The molecule has 0 aromatic carbocycles. The Morgan fingerprint density at radius 3 is 2.38 bits per heavy atom. The highest BCUT2D eigenvalue weighted by Gasteiger charge is 2.39. The number of hydrogen-bond donors (Lipinski definition) is 1. The van der Waals surface area contributed by atoms with Gasteiger partial charge in [-0.3, -0.25) is 0 Å². The van der Waals surface area contributed by atoms with Gasteiger partial charge >= 0.3 is 0 Å². The summed E-state index contributed by atoms with van der Waals surface area (Å²) in [4.78, 5) is 0. The molecule has 1 rings (SSSR count). The molecule has 0 saturated carbocycles. The molecule has 1 N–H and O–H groups in total. The van der Waals surface area contributed by atoms with Gasteiger partial charge in [0.25, 0.3) is 5.92 Å². The summed E-state index contributed by atoms with van der Waals surface area (Å²) in [5, 5.41) is 2.49. The Balaban J connectivity index is 2.54. The highest BCUT2D eigenvalue weighted by Crippen LogP contribution is 2.29. The van der Waals surface area contributed by atoms with Gasteiger partial charge in [-0.25, -0.2) is 8.78 Å². The van der Waals surface area contributed by atoms with E-state index in [0.29, 0.717) is 0 Å². The molecule has 0 bridgehead atoms. The van der Waals surface area contributed by atoms with Crippen LogP contribution in [0.4, 0.5) is 8.78 Å². The van der Waals surface area contributed by atoms with Gasteiger partial charge in [0.1, 0.15) is 0 Å². The number of alkyl halides is 2. The van der Waals surface area contributed by atoms with Gasteiger partial charge in [0.15, 0.2) is 0 Å². The van der Waals surface area contributed by atoms with Crippen LogP contribution in [0.3, 0.4) is 0 Å². The topological polar surface area (TPSA) is 12.0 Å². The zero-order chi connectivity index (χ0) is 6.20. The molecule has 1 fully saturated rings. The molecule has 1 atom stereocenters. The Bertz CT molecular complexity index is 96.0. The summed E-state index contributed by atoms with van der Waals surface area (Å²) in [6.07, 6.45) is 0. The molecule has 1 saturated heterocycles. The molecule has 0 aromatic rings. The summed E-state index contributed by atoms with van der Waals surface area (Å²) < 4.78 is 24.3. The Labute approximate surface area is 47.9 Å². The third-order valence-electron chi connectivity index (χ3n) is 1.27. The van der Waals surface area contributed by atoms with E-state index in [1.54, 1.807) is 0 Å². The lowest BCUT2D eigenvalue weighted by Gasteiger charge is -2.11. The van der Waals surface area contributed by atoms with Crippen molar-refractivity contribution < 1.29 is 8.78 Å². The van der Waals surface area contributed by atoms with Crippen LogP contribution in [0.15, 0.2) is 0 Å². The summed E-state index contributed by atoms with van der Waals surface area (Å²) in [5.41, 5.74) is 0. The second-order valence-electron chi connectivity index (χ2n) is 2.00. The van der Waals surface area contributed by atoms with Gasteiger partial charge < -0.3 is 5.32 Å². The Kier molecular flexibility index (Phi) is 1.27. The molecule has 44 valence electrons. The molecule has 0 spiro atoms. The third kappa shape index (κ3) is 0.846. The summed E-state index contributed by atoms with van der Waals surface area (Å²) >= 11 is 0. The molecule has 0 aromatic heterocycles. The number of rotatable bonds is 0. The smallest absolute Gasteiger partial charge is 0.256 e. The van der Waals surface area contributed by atoms with E-state index in [4.69, 9.17) is 7.85 Å². The lowest BCUT2D eigenvalue weighted by Crippen LogP contribution is -2.22. The maximum atomic E-state index is 12.2. The van der Waals surface area contributed by atoms with Crippen LogP contribution in [0, 0.1) is 0 Å². The largest absolute Gasteiger partial charge is 0.311 e. The van der Waals surface area contributed by atoms with Crippen molar-refractivity contribution in [3.8, 4) is 0 Å². The average molecular weight is 117 g/mol. The van der Waals surface area contributed by atoms with Crippen molar-refractivity contribution in [2.75, 3.05) is 13.1 Å². The van der Waals surface area contributed by atoms with Crippen molar-refractivity contribution in [2.45, 2.75) is 11.7 Å². The van der Waals surface area contributed by atoms with Crippen LogP contribution in [0.1, 0.15) is 0 Å². The quantitative estimate of drug-likeness (QED) is 0.446. The fourth-order valence-electron chi connectivity index (χ4n) is 0.675. The highest BCUT2D eigenvalue weighted by atomic mass is 19.3. The molecule has 8 heavy (non-hydrogen) atoms. The van der Waals surface area contributed by atoms with Gasteiger partial charge in [-0.05, 0) is 12.4 Å². The maximum Gasteiger partial charge on any atom is 0.256 e. The maximum absolute atomic E-state index is 12.2. The molecule has 1 nitrogen and oxygen atoms in total. The normalized spacial score (nSPS) is 35.5. The standard InChI is InChI=1S/C4H6BF2N/c5-3-1-8-2-4(3,6)7/h3,8H,1-2H2. The molecular formula is C4H6BF2N. The first-order valence-electron chi connectivity index (χ1n) is 2.47. The van der Waals surface area contributed by atoms with E-state index >= 15 is 0 Å². The van der Waals surface area contributed by atoms with E-state index in [2.05, 4.69) is 5.32 Å². The molecule has 0 aliphatic carbocycles. The van der Waals surface area contributed by atoms with Crippen molar-refractivity contribution >= 4 is 7.85 Å². The second kappa shape index (κ2) is 1.69. The molecule has 1 heterocycles. The van der Waals surface area contributed by atoms with Crippen molar-refractivity contribution in [1.82, 2.24) is 5.32 Å². The van der Waals surface area contributed by atoms with E-state index in [-0.39, 0.29) is 13.1 Å². The van der Waals surface area contributed by atoms with Crippen LogP contribution in [0.5, 0.6) is 0 Å². The number of nitrogens with one attached hydrogen (secondary N) is 1. The molecule has 1 unspecified atom stereocenters. The van der Waals surface area contributed by atoms with Gasteiger partial charge in [0, 0.05) is 0 Å². The second-order valence-corrected chi connectivity index (χ2v) is 2.00. The van der Waals surface area contributed by atoms with Crippen LogP contribution >= 0.6 is 0 Å². The minimum Gasteiger partial charge on any atom is -0.311 e. The van der Waals surface area contributed by atoms with Gasteiger partial charge in [0.05, 0.1) is 14.4 Å². The number of hydrogen-bond acceptors (Lipinski definition) is 1. The van der Waals surface area contributed by atoms with Crippen LogP contribution in [-0.2, 0) is 0 Å². The predicted molar refractivity (Wildman–Crippen MR) is 27.3 cm³/mol. The first-order valence-corrected chi connectivity index (χ1v) is 2.47. The molecule has 0 amide bonds. The molecule has 1 aliphatic rings. The van der Waals surface area contributed by atoms with Gasteiger partial charge in [0.2, 0.25) is 0 Å². The highest BCUT2D eigenvalue weighted by molar-refractivity contribution is 6.12. The minimum absolute atomic E-state index is 0.229. The van der Waals surface area contributed by atoms with Gasteiger partial charge in [-0.15, -0.1) is 0 Å². The van der Waals surface area contributed by atoms with Gasteiger partial charge in [-0.2, -0.15) is 0 Å². The Morgan fingerprint density at radius 2 is 2.25 bits per heavy atom. The number of halogens is 2. The summed E-state index contributed by atoms with van der Waals surface area (Å²) in [7, 11) is 5.00. The van der Waals surface area contributed by atoms with Crippen molar-refractivity contribution in [1.29, 1.82) is 0 Å².